The lowest BCUT2D eigenvalue weighted by molar-refractivity contribution is -0.146. The van der Waals surface area contributed by atoms with Crippen molar-refractivity contribution in [2.45, 2.75) is 13.3 Å². The highest BCUT2D eigenvalue weighted by Crippen LogP contribution is 2.26. The zero-order valence-electron chi connectivity index (χ0n) is 13.8. The summed E-state index contributed by atoms with van der Waals surface area (Å²) in [5.74, 6) is -0.524. The van der Waals surface area contributed by atoms with E-state index in [4.69, 9.17) is 9.15 Å². The maximum absolute atomic E-state index is 12.8. The van der Waals surface area contributed by atoms with Crippen LogP contribution >= 0.6 is 11.3 Å². The first-order valence-electron chi connectivity index (χ1n) is 7.72. The molecule has 0 aliphatic heterocycles. The highest BCUT2D eigenvalue weighted by molar-refractivity contribution is 7.13. The Labute approximate surface area is 152 Å². The fraction of sp³-hybridized carbons (Fsp3) is 0.167. The van der Waals surface area contributed by atoms with Gasteiger partial charge in [-0.05, 0) is 42.6 Å². The van der Waals surface area contributed by atoms with Crippen molar-refractivity contribution in [1.82, 2.24) is 4.98 Å². The van der Waals surface area contributed by atoms with Gasteiger partial charge in [-0.15, -0.1) is 11.3 Å². The molecule has 0 bridgehead atoms. The Bertz CT molecular complexity index is 904. The monoisotopic (exact) mass is 374 g/mol. The first-order chi connectivity index (χ1) is 12.5. The Kier molecular flexibility index (Phi) is 5.43. The van der Waals surface area contributed by atoms with Crippen molar-refractivity contribution in [1.29, 1.82) is 0 Å². The molecule has 26 heavy (non-hydrogen) atoms. The third-order valence-electron chi connectivity index (χ3n) is 3.43. The first-order valence-corrected chi connectivity index (χ1v) is 8.60. The number of carbonyl (C=O) groups excluding carboxylic acids is 2. The summed E-state index contributed by atoms with van der Waals surface area (Å²) in [6, 6.07) is 9.03. The topological polar surface area (TPSA) is 81.4 Å². The second kappa shape index (κ2) is 7.92. The summed E-state index contributed by atoms with van der Waals surface area (Å²) >= 11 is 1.48. The Morgan fingerprint density at radius 1 is 1.27 bits per heavy atom. The van der Waals surface area contributed by atoms with Gasteiger partial charge >= 0.3 is 5.97 Å². The summed E-state index contributed by atoms with van der Waals surface area (Å²) in [5, 5.41) is 4.41. The van der Waals surface area contributed by atoms with Crippen LogP contribution in [0.1, 0.15) is 11.5 Å². The van der Waals surface area contributed by atoms with Gasteiger partial charge in [0, 0.05) is 5.69 Å². The van der Waals surface area contributed by atoms with Crippen molar-refractivity contribution in [3.8, 4) is 10.8 Å². The highest BCUT2D eigenvalue weighted by Gasteiger charge is 2.17. The molecule has 3 rings (SSSR count). The van der Waals surface area contributed by atoms with Crippen LogP contribution in [0.3, 0.4) is 0 Å². The average Bonchev–Trinajstić information content (AvgIpc) is 3.26. The molecule has 0 spiro atoms. The number of aryl methyl sites for hydroxylation is 1. The third kappa shape index (κ3) is 4.54. The smallest absolute Gasteiger partial charge is 0.312 e. The summed E-state index contributed by atoms with van der Waals surface area (Å²) in [5.41, 5.74) is 0.887. The fourth-order valence-electron chi connectivity index (χ4n) is 2.16. The van der Waals surface area contributed by atoms with Crippen molar-refractivity contribution in [3.63, 3.8) is 0 Å². The molecule has 0 atom stereocenters. The van der Waals surface area contributed by atoms with Gasteiger partial charge in [-0.1, -0.05) is 6.07 Å². The molecule has 0 saturated heterocycles. The van der Waals surface area contributed by atoms with E-state index in [-0.39, 0.29) is 6.42 Å². The maximum atomic E-state index is 12.8. The number of hydrogen-bond acceptors (Lipinski definition) is 6. The molecule has 8 heteroatoms. The predicted octanol–water partition coefficient (Wildman–Crippen LogP) is 3.58. The minimum Gasteiger partial charge on any atom is -0.455 e. The molecule has 0 aliphatic rings. The van der Waals surface area contributed by atoms with Crippen molar-refractivity contribution in [2.75, 3.05) is 11.9 Å². The normalized spacial score (nSPS) is 10.5. The number of nitrogens with zero attached hydrogens (tertiary/aromatic N) is 1. The minimum atomic E-state index is -0.589. The van der Waals surface area contributed by atoms with E-state index in [1.54, 1.807) is 6.92 Å². The van der Waals surface area contributed by atoms with Crippen LogP contribution in [0.2, 0.25) is 0 Å². The fourth-order valence-corrected chi connectivity index (χ4v) is 2.81. The van der Waals surface area contributed by atoms with E-state index >= 15 is 0 Å². The van der Waals surface area contributed by atoms with Gasteiger partial charge in [0.2, 0.25) is 5.89 Å². The summed E-state index contributed by atoms with van der Waals surface area (Å²) in [6.45, 7) is 1.28. The van der Waals surface area contributed by atoms with E-state index < -0.39 is 24.3 Å². The zero-order valence-corrected chi connectivity index (χ0v) is 14.6. The maximum Gasteiger partial charge on any atom is 0.312 e. The lowest BCUT2D eigenvalue weighted by atomic mass is 10.3. The molecule has 0 saturated carbocycles. The van der Waals surface area contributed by atoms with Gasteiger partial charge in [-0.25, -0.2) is 9.37 Å². The number of rotatable bonds is 6. The van der Waals surface area contributed by atoms with Crippen LogP contribution in [-0.4, -0.2) is 23.5 Å². The number of anilines is 1. The van der Waals surface area contributed by atoms with Crippen LogP contribution in [0.15, 0.2) is 46.2 Å². The van der Waals surface area contributed by atoms with Crippen molar-refractivity contribution >= 4 is 28.9 Å². The molecule has 1 amide bonds. The molecule has 1 N–H and O–H groups in total. The Hall–Kier alpha value is -3.00. The van der Waals surface area contributed by atoms with E-state index in [0.29, 0.717) is 23.0 Å². The van der Waals surface area contributed by atoms with Crippen LogP contribution in [0.5, 0.6) is 0 Å². The van der Waals surface area contributed by atoms with Crippen molar-refractivity contribution in [2.24, 2.45) is 0 Å². The lowest BCUT2D eigenvalue weighted by Gasteiger charge is -2.06. The van der Waals surface area contributed by atoms with E-state index in [1.165, 1.54) is 35.6 Å². The minimum absolute atomic E-state index is 0.0927. The largest absolute Gasteiger partial charge is 0.455 e. The molecule has 134 valence electrons. The number of halogens is 1. The molecular formula is C18H15FN2O4S. The Morgan fingerprint density at radius 2 is 2.04 bits per heavy atom. The number of benzene rings is 1. The molecule has 2 heterocycles. The molecule has 6 nitrogen and oxygen atoms in total. The number of oxazole rings is 1. The second-order valence-corrected chi connectivity index (χ2v) is 6.34. The molecule has 2 aromatic heterocycles. The van der Waals surface area contributed by atoms with E-state index in [2.05, 4.69) is 10.3 Å². The number of ether oxygens (including phenoxy) is 1. The molecule has 0 fully saturated rings. The standard InChI is InChI=1S/C18H15FN2O4S/c1-11-14(21-18(25-11)15-3-2-8-26-15)9-17(23)24-10-16(22)20-13-6-4-12(19)5-7-13/h2-8H,9-10H2,1H3,(H,20,22). The molecule has 3 aromatic rings. The van der Waals surface area contributed by atoms with Crippen LogP contribution in [0.4, 0.5) is 10.1 Å². The lowest BCUT2D eigenvalue weighted by Crippen LogP contribution is -2.21. The molecule has 1 aromatic carbocycles. The van der Waals surface area contributed by atoms with Gasteiger partial charge in [0.15, 0.2) is 6.61 Å². The Balaban J connectivity index is 1.51. The van der Waals surface area contributed by atoms with Crippen LogP contribution in [0, 0.1) is 12.7 Å². The zero-order chi connectivity index (χ0) is 18.5. The van der Waals surface area contributed by atoms with Gasteiger partial charge in [0.25, 0.3) is 5.91 Å². The van der Waals surface area contributed by atoms with E-state index in [0.717, 1.165) is 4.88 Å². The number of thiophene rings is 1. The SMILES string of the molecule is Cc1oc(-c2cccs2)nc1CC(=O)OCC(=O)Nc1ccc(F)cc1. The summed E-state index contributed by atoms with van der Waals surface area (Å²) in [7, 11) is 0. The van der Waals surface area contributed by atoms with Crippen molar-refractivity contribution in [3.05, 3.63) is 59.0 Å². The Morgan fingerprint density at radius 3 is 2.73 bits per heavy atom. The van der Waals surface area contributed by atoms with E-state index in [1.807, 2.05) is 17.5 Å². The van der Waals surface area contributed by atoms with Gasteiger partial charge in [0.05, 0.1) is 17.0 Å². The van der Waals surface area contributed by atoms with Crippen LogP contribution in [0.25, 0.3) is 10.8 Å². The summed E-state index contributed by atoms with van der Waals surface area (Å²) in [4.78, 5) is 28.9. The predicted molar refractivity (Wildman–Crippen MR) is 94.2 cm³/mol. The van der Waals surface area contributed by atoms with E-state index in [9.17, 15) is 14.0 Å². The summed E-state index contributed by atoms with van der Waals surface area (Å²) in [6.07, 6.45) is -0.0927. The number of amides is 1. The van der Waals surface area contributed by atoms with Gasteiger partial charge < -0.3 is 14.5 Å². The molecule has 0 radical (unpaired) electrons. The van der Waals surface area contributed by atoms with Gasteiger partial charge in [0.1, 0.15) is 11.6 Å². The number of aromatic nitrogens is 1. The molecule has 0 aliphatic carbocycles. The number of hydrogen-bond donors (Lipinski definition) is 1. The van der Waals surface area contributed by atoms with Crippen LogP contribution in [-0.2, 0) is 20.7 Å². The van der Waals surface area contributed by atoms with Crippen LogP contribution < -0.4 is 5.32 Å². The molecular weight excluding hydrogens is 359 g/mol. The quantitative estimate of drug-likeness (QED) is 0.667. The van der Waals surface area contributed by atoms with Gasteiger partial charge in [-0.3, -0.25) is 9.59 Å². The second-order valence-electron chi connectivity index (χ2n) is 5.39. The number of nitrogens with one attached hydrogen (secondary N) is 1. The highest BCUT2D eigenvalue weighted by atomic mass is 32.1. The van der Waals surface area contributed by atoms with Crippen molar-refractivity contribution < 1.29 is 23.1 Å². The first kappa shape index (κ1) is 17.8. The average molecular weight is 374 g/mol. The molecule has 0 unspecified atom stereocenters. The van der Waals surface area contributed by atoms with Gasteiger partial charge in [-0.2, -0.15) is 0 Å². The summed E-state index contributed by atoms with van der Waals surface area (Å²) < 4.78 is 23.3. The number of carbonyl (C=O) groups is 2. The number of esters is 1. The third-order valence-corrected chi connectivity index (χ3v) is 4.29.